The lowest BCUT2D eigenvalue weighted by Gasteiger charge is -2.26. The number of aryl methyl sites for hydroxylation is 1. The third-order valence-electron chi connectivity index (χ3n) is 4.39. The maximum atomic E-state index is 12.4. The molecule has 1 aromatic carbocycles. The van der Waals surface area contributed by atoms with Gasteiger partial charge in [0.15, 0.2) is 0 Å². The zero-order chi connectivity index (χ0) is 19.6. The second kappa shape index (κ2) is 7.58. The van der Waals surface area contributed by atoms with Crippen molar-refractivity contribution in [2.75, 3.05) is 31.6 Å². The first kappa shape index (κ1) is 18.6. The van der Waals surface area contributed by atoms with Crippen LogP contribution in [-0.2, 0) is 18.8 Å². The molecule has 0 unspecified atom stereocenters. The van der Waals surface area contributed by atoms with E-state index in [-0.39, 0.29) is 11.6 Å². The summed E-state index contributed by atoms with van der Waals surface area (Å²) < 4.78 is 7.36. The van der Waals surface area contributed by atoms with Crippen LogP contribution in [0, 0.1) is 0 Å². The average molecular weight is 372 g/mol. The number of rotatable bonds is 3. The molecule has 0 saturated carbocycles. The fourth-order valence-electron chi connectivity index (χ4n) is 2.80. The molecule has 1 N–H and O–H groups in total. The summed E-state index contributed by atoms with van der Waals surface area (Å²) >= 11 is 0. The molecule has 0 atom stereocenters. The predicted octanol–water partition coefficient (Wildman–Crippen LogP) is -0.191. The van der Waals surface area contributed by atoms with Crippen LogP contribution in [0.25, 0.3) is 0 Å². The second-order valence-electron chi connectivity index (χ2n) is 6.24. The number of benzene rings is 1. The minimum Gasteiger partial charge on any atom is -0.378 e. The van der Waals surface area contributed by atoms with Gasteiger partial charge in [0.05, 0.1) is 13.2 Å². The van der Waals surface area contributed by atoms with Crippen LogP contribution in [0.3, 0.4) is 0 Å². The van der Waals surface area contributed by atoms with Gasteiger partial charge in [0.1, 0.15) is 5.69 Å². The Kier molecular flexibility index (Phi) is 5.22. The zero-order valence-electron chi connectivity index (χ0n) is 15.1. The molecule has 9 nitrogen and oxygen atoms in total. The van der Waals surface area contributed by atoms with E-state index >= 15 is 0 Å². The molecule has 2 heterocycles. The van der Waals surface area contributed by atoms with Gasteiger partial charge in [-0.15, -0.1) is 0 Å². The summed E-state index contributed by atoms with van der Waals surface area (Å²) in [7, 11) is 2.83. The molecule has 1 aliphatic heterocycles. The van der Waals surface area contributed by atoms with Gasteiger partial charge in [-0.25, -0.2) is 4.79 Å². The highest BCUT2D eigenvalue weighted by Crippen LogP contribution is 2.11. The maximum absolute atomic E-state index is 12.4. The lowest BCUT2D eigenvalue weighted by molar-refractivity contribution is 0.0303. The Morgan fingerprint density at radius 3 is 2.22 bits per heavy atom. The third kappa shape index (κ3) is 3.82. The van der Waals surface area contributed by atoms with E-state index in [9.17, 15) is 19.2 Å². The number of carbonyl (C=O) groups excluding carboxylic acids is 2. The molecule has 142 valence electrons. The van der Waals surface area contributed by atoms with Gasteiger partial charge in [-0.2, -0.15) is 0 Å². The van der Waals surface area contributed by atoms with Gasteiger partial charge in [0, 0.05) is 44.5 Å². The van der Waals surface area contributed by atoms with Crippen LogP contribution >= 0.6 is 0 Å². The maximum Gasteiger partial charge on any atom is 0.330 e. The number of nitrogens with zero attached hydrogens (tertiary/aromatic N) is 3. The fourth-order valence-corrected chi connectivity index (χ4v) is 2.80. The Bertz CT molecular complexity index is 984. The highest BCUT2D eigenvalue weighted by Gasteiger charge is 2.19. The Morgan fingerprint density at radius 1 is 1.00 bits per heavy atom. The topological polar surface area (TPSA) is 103 Å². The summed E-state index contributed by atoms with van der Waals surface area (Å²) in [4.78, 5) is 50.3. The molecule has 9 heteroatoms. The number of hydrogen-bond acceptors (Lipinski definition) is 5. The lowest BCUT2D eigenvalue weighted by Crippen LogP contribution is -2.40. The third-order valence-corrected chi connectivity index (χ3v) is 4.39. The summed E-state index contributed by atoms with van der Waals surface area (Å²) in [6, 6.07) is 6.20. The number of anilines is 1. The van der Waals surface area contributed by atoms with Crippen LogP contribution < -0.4 is 16.6 Å². The van der Waals surface area contributed by atoms with E-state index in [2.05, 4.69) is 5.32 Å². The van der Waals surface area contributed by atoms with E-state index in [1.54, 1.807) is 17.0 Å². The molecular formula is C18H20N4O5. The summed E-state index contributed by atoms with van der Waals surface area (Å²) in [6.45, 7) is 2.11. The normalized spacial score (nSPS) is 14.1. The van der Waals surface area contributed by atoms with Gasteiger partial charge in [-0.3, -0.25) is 19.0 Å². The van der Waals surface area contributed by atoms with Crippen molar-refractivity contribution in [2.24, 2.45) is 14.1 Å². The molecule has 0 aliphatic carbocycles. The molecule has 27 heavy (non-hydrogen) atoms. The average Bonchev–Trinajstić information content (AvgIpc) is 2.70. The van der Waals surface area contributed by atoms with Gasteiger partial charge in [0.25, 0.3) is 17.4 Å². The van der Waals surface area contributed by atoms with Crippen LogP contribution in [0.5, 0.6) is 0 Å². The van der Waals surface area contributed by atoms with E-state index < -0.39 is 17.2 Å². The van der Waals surface area contributed by atoms with Crippen LogP contribution in [0.2, 0.25) is 0 Å². The molecule has 1 aromatic heterocycles. The van der Waals surface area contributed by atoms with Crippen LogP contribution in [-0.4, -0.2) is 52.2 Å². The Balaban J connectivity index is 1.76. The number of morpholine rings is 1. The summed E-state index contributed by atoms with van der Waals surface area (Å²) in [5.74, 6) is -0.617. The summed E-state index contributed by atoms with van der Waals surface area (Å²) in [6.07, 6.45) is 1.28. The minimum absolute atomic E-state index is 0.00179. The molecular weight excluding hydrogens is 352 g/mol. The highest BCUT2D eigenvalue weighted by atomic mass is 16.5. The van der Waals surface area contributed by atoms with E-state index in [0.717, 1.165) is 4.57 Å². The monoisotopic (exact) mass is 372 g/mol. The number of amides is 2. The molecule has 1 fully saturated rings. The largest absolute Gasteiger partial charge is 0.378 e. The van der Waals surface area contributed by atoms with E-state index in [1.165, 1.54) is 37.0 Å². The fraction of sp³-hybridized carbons (Fsp3) is 0.333. The molecule has 1 aliphatic rings. The summed E-state index contributed by atoms with van der Waals surface area (Å²) in [5, 5.41) is 2.50. The Morgan fingerprint density at radius 2 is 1.59 bits per heavy atom. The van der Waals surface area contributed by atoms with Crippen molar-refractivity contribution in [1.82, 2.24) is 14.0 Å². The van der Waals surface area contributed by atoms with Gasteiger partial charge >= 0.3 is 5.69 Å². The zero-order valence-corrected chi connectivity index (χ0v) is 15.1. The van der Waals surface area contributed by atoms with Gasteiger partial charge in [0.2, 0.25) is 0 Å². The molecule has 0 radical (unpaired) electrons. The quantitative estimate of drug-likeness (QED) is 0.804. The molecule has 0 spiro atoms. The van der Waals surface area contributed by atoms with Crippen molar-refractivity contribution >= 4 is 17.5 Å². The van der Waals surface area contributed by atoms with E-state index in [0.29, 0.717) is 37.4 Å². The molecule has 2 amide bonds. The molecule has 2 aromatic rings. The molecule has 0 bridgehead atoms. The molecule has 1 saturated heterocycles. The van der Waals surface area contributed by atoms with Crippen molar-refractivity contribution < 1.29 is 14.3 Å². The first-order valence-corrected chi connectivity index (χ1v) is 8.43. The smallest absolute Gasteiger partial charge is 0.330 e. The second-order valence-corrected chi connectivity index (χ2v) is 6.24. The number of ether oxygens (including phenoxy) is 1. The standard InChI is InChI=1S/C18H20N4O5/c1-20-11-14(17(25)21(2)18(20)26)19-15(23)12-3-5-13(6-4-12)16(24)22-7-9-27-10-8-22/h3-6,11H,7-10H2,1-2H3,(H,19,23). The minimum atomic E-state index is -0.592. The predicted molar refractivity (Wildman–Crippen MR) is 98.0 cm³/mol. The Hall–Kier alpha value is -3.20. The first-order valence-electron chi connectivity index (χ1n) is 8.43. The SMILES string of the molecule is Cn1cc(NC(=O)c2ccc(C(=O)N3CCOCC3)cc2)c(=O)n(C)c1=O. The van der Waals surface area contributed by atoms with Crippen molar-refractivity contribution in [1.29, 1.82) is 0 Å². The van der Waals surface area contributed by atoms with E-state index in [4.69, 9.17) is 4.74 Å². The number of hydrogen-bond donors (Lipinski definition) is 1. The van der Waals surface area contributed by atoms with Gasteiger partial charge < -0.3 is 19.5 Å². The van der Waals surface area contributed by atoms with E-state index in [1.807, 2.05) is 0 Å². The number of carbonyl (C=O) groups is 2. The lowest BCUT2D eigenvalue weighted by atomic mass is 10.1. The Labute approximate surface area is 154 Å². The number of aromatic nitrogens is 2. The van der Waals surface area contributed by atoms with Crippen molar-refractivity contribution in [2.45, 2.75) is 0 Å². The van der Waals surface area contributed by atoms with Crippen molar-refractivity contribution in [3.8, 4) is 0 Å². The van der Waals surface area contributed by atoms with Crippen molar-refractivity contribution in [3.05, 3.63) is 62.4 Å². The number of nitrogens with one attached hydrogen (secondary N) is 1. The first-order chi connectivity index (χ1) is 12.9. The van der Waals surface area contributed by atoms with Crippen LogP contribution in [0.4, 0.5) is 5.69 Å². The summed E-state index contributed by atoms with van der Waals surface area (Å²) in [5.41, 5.74) is -0.302. The highest BCUT2D eigenvalue weighted by molar-refractivity contribution is 6.05. The van der Waals surface area contributed by atoms with Gasteiger partial charge in [-0.1, -0.05) is 0 Å². The van der Waals surface area contributed by atoms with Gasteiger partial charge in [-0.05, 0) is 24.3 Å². The van der Waals surface area contributed by atoms with Crippen LogP contribution in [0.1, 0.15) is 20.7 Å². The van der Waals surface area contributed by atoms with Crippen LogP contribution in [0.15, 0.2) is 40.1 Å². The molecule has 3 rings (SSSR count). The van der Waals surface area contributed by atoms with Crippen molar-refractivity contribution in [3.63, 3.8) is 0 Å².